The third kappa shape index (κ3) is 1.85. The van der Waals surface area contributed by atoms with Gasteiger partial charge < -0.3 is 4.42 Å². The summed E-state index contributed by atoms with van der Waals surface area (Å²) in [6, 6.07) is 5.79. The minimum absolute atomic E-state index is 0.410. The van der Waals surface area contributed by atoms with Gasteiger partial charge in [0.05, 0.1) is 15.6 Å². The Labute approximate surface area is 113 Å². The van der Waals surface area contributed by atoms with Crippen molar-refractivity contribution >= 4 is 34.3 Å². The van der Waals surface area contributed by atoms with Crippen LogP contribution in [0.2, 0.25) is 10.0 Å². The van der Waals surface area contributed by atoms with Gasteiger partial charge in [-0.3, -0.25) is 4.98 Å². The van der Waals surface area contributed by atoms with Crippen LogP contribution in [0, 0.1) is 6.92 Å². The lowest BCUT2D eigenvalue weighted by molar-refractivity contribution is 0.620. The maximum atomic E-state index is 6.08. The lowest BCUT2D eigenvalue weighted by atomic mass is 10.2. The predicted molar refractivity (Wildman–Crippen MR) is 72.0 cm³/mol. The van der Waals surface area contributed by atoms with Gasteiger partial charge in [-0.1, -0.05) is 29.3 Å². The molecular weight excluding hydrogens is 271 g/mol. The number of oxazole rings is 1. The summed E-state index contributed by atoms with van der Waals surface area (Å²) in [6.45, 7) is 2.00. The van der Waals surface area contributed by atoms with E-state index in [-0.39, 0.29) is 0 Å². The van der Waals surface area contributed by atoms with Crippen molar-refractivity contribution in [3.8, 4) is 11.5 Å². The lowest BCUT2D eigenvalue weighted by Crippen LogP contribution is -1.83. The van der Waals surface area contributed by atoms with Crippen LogP contribution in [0.5, 0.6) is 0 Å². The molecular formula is C13H8Cl2N2O. The van der Waals surface area contributed by atoms with E-state index in [1.807, 2.05) is 25.1 Å². The highest BCUT2D eigenvalue weighted by atomic mass is 35.5. The average Bonchev–Trinajstić information content (AvgIpc) is 2.71. The third-order valence-electron chi connectivity index (χ3n) is 2.61. The van der Waals surface area contributed by atoms with Crippen molar-refractivity contribution in [3.05, 3.63) is 46.2 Å². The van der Waals surface area contributed by atoms with Crippen LogP contribution in [-0.4, -0.2) is 9.97 Å². The first kappa shape index (κ1) is 11.5. The zero-order valence-electron chi connectivity index (χ0n) is 9.45. The number of aromatic nitrogens is 2. The van der Waals surface area contributed by atoms with Gasteiger partial charge in [0.15, 0.2) is 5.58 Å². The van der Waals surface area contributed by atoms with E-state index in [0.717, 1.165) is 11.1 Å². The number of benzene rings is 1. The van der Waals surface area contributed by atoms with Crippen molar-refractivity contribution in [3.63, 3.8) is 0 Å². The summed E-state index contributed by atoms with van der Waals surface area (Å²) in [5.41, 5.74) is 3.19. The second-order valence-electron chi connectivity index (χ2n) is 3.97. The molecule has 0 amide bonds. The molecule has 2 heterocycles. The van der Waals surface area contributed by atoms with Gasteiger partial charge in [-0.15, -0.1) is 0 Å². The van der Waals surface area contributed by atoms with Crippen LogP contribution in [0.25, 0.3) is 22.6 Å². The van der Waals surface area contributed by atoms with Crippen LogP contribution >= 0.6 is 23.2 Å². The van der Waals surface area contributed by atoms with Crippen LogP contribution in [0.15, 0.2) is 35.0 Å². The summed E-state index contributed by atoms with van der Waals surface area (Å²) in [4.78, 5) is 8.31. The number of nitrogens with zero attached hydrogens (tertiary/aromatic N) is 2. The molecule has 0 atom stereocenters. The molecule has 90 valence electrons. The molecule has 0 bridgehead atoms. The highest BCUT2D eigenvalue weighted by Gasteiger charge is 2.15. The molecule has 0 saturated heterocycles. The van der Waals surface area contributed by atoms with E-state index in [0.29, 0.717) is 27.1 Å². The molecule has 5 heteroatoms. The van der Waals surface area contributed by atoms with Crippen molar-refractivity contribution in [1.29, 1.82) is 0 Å². The van der Waals surface area contributed by atoms with Crippen molar-refractivity contribution in [1.82, 2.24) is 9.97 Å². The fourth-order valence-corrected chi connectivity index (χ4v) is 2.29. The Hall–Kier alpha value is -1.58. The normalized spacial score (nSPS) is 11.1. The first-order chi connectivity index (χ1) is 8.65. The molecule has 0 aliphatic heterocycles. The van der Waals surface area contributed by atoms with Crippen LogP contribution in [-0.2, 0) is 0 Å². The molecule has 2 aromatic heterocycles. The fourth-order valence-electron chi connectivity index (χ4n) is 1.76. The zero-order chi connectivity index (χ0) is 12.7. The molecule has 3 nitrogen and oxygen atoms in total. The Balaban J connectivity index is 2.26. The molecule has 1 aromatic carbocycles. The predicted octanol–water partition coefficient (Wildman–Crippen LogP) is 4.51. The monoisotopic (exact) mass is 278 g/mol. The molecule has 0 saturated carbocycles. The largest absolute Gasteiger partial charge is 0.436 e. The number of pyridine rings is 1. The number of halogens is 2. The van der Waals surface area contributed by atoms with E-state index in [4.69, 9.17) is 27.6 Å². The number of hydrogen-bond donors (Lipinski definition) is 0. The lowest BCUT2D eigenvalue weighted by Gasteiger charge is -2.00. The highest BCUT2D eigenvalue weighted by Crippen LogP contribution is 2.34. The van der Waals surface area contributed by atoms with Gasteiger partial charge >= 0.3 is 0 Å². The van der Waals surface area contributed by atoms with Gasteiger partial charge in [0.25, 0.3) is 0 Å². The van der Waals surface area contributed by atoms with E-state index >= 15 is 0 Å². The molecule has 18 heavy (non-hydrogen) atoms. The summed E-state index contributed by atoms with van der Waals surface area (Å²) in [5, 5.41) is 0.844. The first-order valence-corrected chi connectivity index (χ1v) is 6.07. The molecule has 0 N–H and O–H groups in total. The van der Waals surface area contributed by atoms with Crippen molar-refractivity contribution in [2.75, 3.05) is 0 Å². The molecule has 3 aromatic rings. The second kappa shape index (κ2) is 4.26. The van der Waals surface area contributed by atoms with Crippen molar-refractivity contribution in [2.24, 2.45) is 0 Å². The minimum Gasteiger partial charge on any atom is -0.436 e. The standard InChI is InChI=1S/C13H8Cl2N2O/c1-7-2-3-11-10(4-7)17-13(18-11)12-8(14)5-16-6-9(12)15/h2-6H,1H3. The first-order valence-electron chi connectivity index (χ1n) is 5.32. The maximum Gasteiger partial charge on any atom is 0.230 e. The summed E-state index contributed by atoms with van der Waals surface area (Å²) in [5.74, 6) is 0.410. The Morgan fingerprint density at radius 3 is 2.56 bits per heavy atom. The van der Waals surface area contributed by atoms with Gasteiger partial charge in [0, 0.05) is 12.4 Å². The summed E-state index contributed by atoms with van der Waals surface area (Å²) in [7, 11) is 0. The van der Waals surface area contributed by atoms with Crippen LogP contribution in [0.3, 0.4) is 0 Å². The van der Waals surface area contributed by atoms with E-state index < -0.39 is 0 Å². The van der Waals surface area contributed by atoms with Crippen molar-refractivity contribution in [2.45, 2.75) is 6.92 Å². The van der Waals surface area contributed by atoms with Crippen molar-refractivity contribution < 1.29 is 4.42 Å². The molecule has 0 spiro atoms. The van der Waals surface area contributed by atoms with Crippen LogP contribution in [0.4, 0.5) is 0 Å². The topological polar surface area (TPSA) is 38.9 Å². The number of rotatable bonds is 1. The SMILES string of the molecule is Cc1ccc2oc(-c3c(Cl)cncc3Cl)nc2c1. The van der Waals surface area contributed by atoms with Crippen LogP contribution < -0.4 is 0 Å². The quantitative estimate of drug-likeness (QED) is 0.658. The molecule has 0 unspecified atom stereocenters. The fraction of sp³-hybridized carbons (Fsp3) is 0.0769. The Morgan fingerprint density at radius 1 is 1.11 bits per heavy atom. The summed E-state index contributed by atoms with van der Waals surface area (Å²) in [6.07, 6.45) is 3.03. The third-order valence-corrected chi connectivity index (χ3v) is 3.18. The molecule has 0 aliphatic rings. The molecule has 0 radical (unpaired) electrons. The average molecular weight is 279 g/mol. The van der Waals surface area contributed by atoms with Gasteiger partial charge in [-0.2, -0.15) is 0 Å². The molecule has 0 aliphatic carbocycles. The van der Waals surface area contributed by atoms with Gasteiger partial charge in [-0.05, 0) is 24.6 Å². The Bertz CT molecular complexity index is 717. The Morgan fingerprint density at radius 2 is 1.83 bits per heavy atom. The van der Waals surface area contributed by atoms with E-state index in [1.54, 1.807) is 0 Å². The Kier molecular flexibility index (Phi) is 2.73. The zero-order valence-corrected chi connectivity index (χ0v) is 11.0. The van der Waals surface area contributed by atoms with Gasteiger partial charge in [0.1, 0.15) is 5.52 Å². The van der Waals surface area contributed by atoms with Crippen LogP contribution in [0.1, 0.15) is 5.56 Å². The molecule has 3 rings (SSSR count). The minimum atomic E-state index is 0.410. The van der Waals surface area contributed by atoms with Gasteiger partial charge in [0.2, 0.25) is 5.89 Å². The van der Waals surface area contributed by atoms with E-state index in [9.17, 15) is 0 Å². The highest BCUT2D eigenvalue weighted by molar-refractivity contribution is 6.38. The maximum absolute atomic E-state index is 6.08. The number of aryl methyl sites for hydroxylation is 1. The summed E-state index contributed by atoms with van der Waals surface area (Å²) >= 11 is 12.2. The van der Waals surface area contributed by atoms with E-state index in [2.05, 4.69) is 9.97 Å². The van der Waals surface area contributed by atoms with Gasteiger partial charge in [-0.25, -0.2) is 4.98 Å². The number of hydrogen-bond acceptors (Lipinski definition) is 3. The smallest absolute Gasteiger partial charge is 0.230 e. The van der Waals surface area contributed by atoms with E-state index in [1.165, 1.54) is 12.4 Å². The second-order valence-corrected chi connectivity index (χ2v) is 4.78. The number of fused-ring (bicyclic) bond motifs is 1. The molecule has 0 fully saturated rings. The summed E-state index contributed by atoms with van der Waals surface area (Å²) < 4.78 is 5.66.